The standard InChI is InChI=1S/C8H10N2O4/c11-10(12)8-2-1-7(14-8)6-5-13-4-3-9-6/h1-2,6,9H,3-5H2/t6-/m0/s1. The van der Waals surface area contributed by atoms with Crippen LogP contribution in [0.15, 0.2) is 16.5 Å². The molecule has 0 aliphatic carbocycles. The molecule has 1 saturated heterocycles. The summed E-state index contributed by atoms with van der Waals surface area (Å²) >= 11 is 0. The van der Waals surface area contributed by atoms with E-state index < -0.39 is 4.92 Å². The van der Waals surface area contributed by atoms with E-state index in [1.54, 1.807) is 6.07 Å². The van der Waals surface area contributed by atoms with Gasteiger partial charge in [-0.3, -0.25) is 10.1 Å². The summed E-state index contributed by atoms with van der Waals surface area (Å²) in [7, 11) is 0. The quantitative estimate of drug-likeness (QED) is 0.563. The maximum Gasteiger partial charge on any atom is 0.433 e. The summed E-state index contributed by atoms with van der Waals surface area (Å²) < 4.78 is 10.3. The highest BCUT2D eigenvalue weighted by Gasteiger charge is 2.21. The molecule has 1 N–H and O–H groups in total. The minimum atomic E-state index is -0.548. The van der Waals surface area contributed by atoms with E-state index in [4.69, 9.17) is 9.15 Å². The number of ether oxygens (including phenoxy) is 1. The Morgan fingerprint density at radius 1 is 1.57 bits per heavy atom. The van der Waals surface area contributed by atoms with Gasteiger partial charge in [0.15, 0.2) is 0 Å². The molecule has 1 fully saturated rings. The van der Waals surface area contributed by atoms with Gasteiger partial charge in [-0.1, -0.05) is 0 Å². The monoisotopic (exact) mass is 198 g/mol. The number of nitrogens with zero attached hydrogens (tertiary/aromatic N) is 1. The molecule has 14 heavy (non-hydrogen) atoms. The van der Waals surface area contributed by atoms with Crippen LogP contribution in [0.5, 0.6) is 0 Å². The molecule has 1 aliphatic rings. The molecule has 0 unspecified atom stereocenters. The Morgan fingerprint density at radius 2 is 2.43 bits per heavy atom. The zero-order valence-corrected chi connectivity index (χ0v) is 7.43. The zero-order chi connectivity index (χ0) is 9.97. The van der Waals surface area contributed by atoms with Gasteiger partial charge >= 0.3 is 5.88 Å². The maximum atomic E-state index is 10.4. The first-order valence-corrected chi connectivity index (χ1v) is 4.32. The Bertz CT molecular complexity index is 330. The van der Waals surface area contributed by atoms with Crippen molar-refractivity contribution in [2.45, 2.75) is 6.04 Å². The Hall–Kier alpha value is -1.40. The van der Waals surface area contributed by atoms with Gasteiger partial charge in [-0.05, 0) is 6.07 Å². The van der Waals surface area contributed by atoms with Crippen LogP contribution in [0.3, 0.4) is 0 Å². The van der Waals surface area contributed by atoms with Crippen molar-refractivity contribution in [1.82, 2.24) is 5.32 Å². The summed E-state index contributed by atoms with van der Waals surface area (Å²) in [5.41, 5.74) is 0. The first-order chi connectivity index (χ1) is 6.77. The molecule has 6 heteroatoms. The SMILES string of the molecule is O=[N+]([O-])c1ccc([C@@H]2COCCN2)o1. The van der Waals surface area contributed by atoms with E-state index in [0.29, 0.717) is 19.0 Å². The Kier molecular flexibility index (Phi) is 2.47. The van der Waals surface area contributed by atoms with Crippen LogP contribution >= 0.6 is 0 Å². The highest BCUT2D eigenvalue weighted by atomic mass is 16.6. The zero-order valence-electron chi connectivity index (χ0n) is 7.43. The van der Waals surface area contributed by atoms with Gasteiger partial charge in [-0.2, -0.15) is 0 Å². The third-order valence-corrected chi connectivity index (χ3v) is 2.06. The first kappa shape index (κ1) is 9.17. The number of morpholine rings is 1. The molecule has 0 aromatic carbocycles. The van der Waals surface area contributed by atoms with Crippen molar-refractivity contribution in [3.63, 3.8) is 0 Å². The second kappa shape index (κ2) is 3.77. The molecule has 2 heterocycles. The van der Waals surface area contributed by atoms with Crippen molar-refractivity contribution >= 4 is 5.88 Å². The Labute approximate surface area is 80.0 Å². The summed E-state index contributed by atoms with van der Waals surface area (Å²) in [6, 6.07) is 2.88. The maximum absolute atomic E-state index is 10.4. The van der Waals surface area contributed by atoms with E-state index in [2.05, 4.69) is 5.32 Å². The third kappa shape index (κ3) is 1.75. The lowest BCUT2D eigenvalue weighted by Gasteiger charge is -2.21. The molecule has 1 aliphatic heterocycles. The van der Waals surface area contributed by atoms with Gasteiger partial charge in [0, 0.05) is 6.54 Å². The fourth-order valence-corrected chi connectivity index (χ4v) is 1.38. The van der Waals surface area contributed by atoms with Crippen molar-refractivity contribution in [1.29, 1.82) is 0 Å². The van der Waals surface area contributed by atoms with Gasteiger partial charge in [0.1, 0.15) is 10.7 Å². The molecule has 2 rings (SSSR count). The summed E-state index contributed by atoms with van der Waals surface area (Å²) in [5.74, 6) is 0.323. The predicted octanol–water partition coefficient (Wildman–Crippen LogP) is 0.849. The molecule has 0 amide bonds. The third-order valence-electron chi connectivity index (χ3n) is 2.06. The lowest BCUT2D eigenvalue weighted by atomic mass is 10.2. The first-order valence-electron chi connectivity index (χ1n) is 4.32. The van der Waals surface area contributed by atoms with E-state index in [9.17, 15) is 10.1 Å². The molecule has 1 aromatic rings. The van der Waals surface area contributed by atoms with Gasteiger partial charge < -0.3 is 14.5 Å². The van der Waals surface area contributed by atoms with Gasteiger partial charge in [-0.15, -0.1) is 0 Å². The number of nitrogens with one attached hydrogen (secondary N) is 1. The highest BCUT2D eigenvalue weighted by Crippen LogP contribution is 2.22. The lowest BCUT2D eigenvalue weighted by Crippen LogP contribution is -2.34. The second-order valence-corrected chi connectivity index (χ2v) is 3.01. The van der Waals surface area contributed by atoms with Crippen molar-refractivity contribution in [3.05, 3.63) is 28.0 Å². The molecular weight excluding hydrogens is 188 g/mol. The fourth-order valence-electron chi connectivity index (χ4n) is 1.38. The Balaban J connectivity index is 2.11. The van der Waals surface area contributed by atoms with Crippen LogP contribution in [-0.2, 0) is 4.74 Å². The van der Waals surface area contributed by atoms with Crippen LogP contribution in [0.25, 0.3) is 0 Å². The molecule has 1 aromatic heterocycles. The van der Waals surface area contributed by atoms with Crippen molar-refractivity contribution in [2.75, 3.05) is 19.8 Å². The van der Waals surface area contributed by atoms with Crippen LogP contribution in [-0.4, -0.2) is 24.7 Å². The van der Waals surface area contributed by atoms with Crippen LogP contribution in [0.4, 0.5) is 5.88 Å². The largest absolute Gasteiger partial charge is 0.433 e. The van der Waals surface area contributed by atoms with Crippen LogP contribution < -0.4 is 5.32 Å². The van der Waals surface area contributed by atoms with Gasteiger partial charge in [0.2, 0.25) is 0 Å². The van der Waals surface area contributed by atoms with E-state index in [-0.39, 0.29) is 11.9 Å². The topological polar surface area (TPSA) is 77.5 Å². The molecule has 0 saturated carbocycles. The second-order valence-electron chi connectivity index (χ2n) is 3.01. The number of hydrogen-bond acceptors (Lipinski definition) is 5. The average molecular weight is 198 g/mol. The molecule has 6 nitrogen and oxygen atoms in total. The van der Waals surface area contributed by atoms with Gasteiger partial charge in [0.05, 0.1) is 25.3 Å². The highest BCUT2D eigenvalue weighted by molar-refractivity contribution is 5.20. The predicted molar refractivity (Wildman–Crippen MR) is 46.9 cm³/mol. The minimum absolute atomic E-state index is 0.0718. The van der Waals surface area contributed by atoms with E-state index in [1.165, 1.54) is 6.07 Å². The summed E-state index contributed by atoms with van der Waals surface area (Å²) in [4.78, 5) is 9.81. The van der Waals surface area contributed by atoms with Crippen molar-refractivity contribution in [2.24, 2.45) is 0 Å². The normalized spacial score (nSPS) is 22.1. The molecule has 0 radical (unpaired) electrons. The summed E-state index contributed by atoms with van der Waals surface area (Å²) in [6.45, 7) is 1.89. The molecule has 76 valence electrons. The molecule has 1 atom stereocenters. The van der Waals surface area contributed by atoms with E-state index in [1.807, 2.05) is 0 Å². The lowest BCUT2D eigenvalue weighted by molar-refractivity contribution is -0.402. The molecule has 0 bridgehead atoms. The van der Waals surface area contributed by atoms with Crippen molar-refractivity contribution in [3.8, 4) is 0 Å². The van der Waals surface area contributed by atoms with Gasteiger partial charge in [-0.25, -0.2) is 0 Å². The van der Waals surface area contributed by atoms with Crippen LogP contribution in [0.1, 0.15) is 11.8 Å². The fraction of sp³-hybridized carbons (Fsp3) is 0.500. The number of nitro groups is 1. The van der Waals surface area contributed by atoms with E-state index >= 15 is 0 Å². The smallest absolute Gasteiger partial charge is 0.404 e. The van der Waals surface area contributed by atoms with Gasteiger partial charge in [0.25, 0.3) is 0 Å². The van der Waals surface area contributed by atoms with Crippen LogP contribution in [0.2, 0.25) is 0 Å². The van der Waals surface area contributed by atoms with E-state index in [0.717, 1.165) is 6.54 Å². The van der Waals surface area contributed by atoms with Crippen molar-refractivity contribution < 1.29 is 14.1 Å². The van der Waals surface area contributed by atoms with Crippen LogP contribution in [0, 0.1) is 10.1 Å². The number of rotatable bonds is 2. The molecular formula is C8H10N2O4. The molecule has 0 spiro atoms. The minimum Gasteiger partial charge on any atom is -0.404 e. The Morgan fingerprint density at radius 3 is 3.00 bits per heavy atom. The number of hydrogen-bond donors (Lipinski definition) is 1. The summed E-state index contributed by atoms with van der Waals surface area (Å²) in [6.07, 6.45) is 0. The average Bonchev–Trinajstić information content (AvgIpc) is 2.68. The summed E-state index contributed by atoms with van der Waals surface area (Å²) in [5, 5.41) is 13.5. The number of furan rings is 1.